The van der Waals surface area contributed by atoms with E-state index in [9.17, 15) is 18.0 Å². The summed E-state index contributed by atoms with van der Waals surface area (Å²) in [6.07, 6.45) is -5.22. The highest BCUT2D eigenvalue weighted by atomic mass is 19.4. The molecule has 108 valence electrons. The van der Waals surface area contributed by atoms with Crippen LogP contribution in [0, 0.1) is 13.8 Å². The monoisotopic (exact) mass is 278 g/mol. The number of aryl methyl sites for hydroxylation is 1. The minimum Gasteiger partial charge on any atom is -0.396 e. The molecule has 0 saturated heterocycles. The van der Waals surface area contributed by atoms with Gasteiger partial charge in [-0.2, -0.15) is 18.3 Å². The van der Waals surface area contributed by atoms with Crippen molar-refractivity contribution in [1.82, 2.24) is 15.1 Å². The minimum absolute atomic E-state index is 0.00682. The van der Waals surface area contributed by atoms with Crippen molar-refractivity contribution in [1.29, 1.82) is 0 Å². The van der Waals surface area contributed by atoms with E-state index in [1.165, 1.54) is 4.68 Å². The van der Waals surface area contributed by atoms with Crippen LogP contribution < -0.4 is 11.1 Å². The molecule has 0 spiro atoms. The molecule has 1 heterocycles. The summed E-state index contributed by atoms with van der Waals surface area (Å²) in [7, 11) is 0. The number of amides is 1. The quantitative estimate of drug-likeness (QED) is 0.802. The smallest absolute Gasteiger partial charge is 0.389 e. The van der Waals surface area contributed by atoms with Crippen molar-refractivity contribution in [2.24, 2.45) is 0 Å². The summed E-state index contributed by atoms with van der Waals surface area (Å²) in [5, 5.41) is 6.49. The van der Waals surface area contributed by atoms with Gasteiger partial charge in [0.05, 0.1) is 17.1 Å². The minimum atomic E-state index is -4.19. The van der Waals surface area contributed by atoms with Gasteiger partial charge in [0.1, 0.15) is 6.54 Å². The van der Waals surface area contributed by atoms with Gasteiger partial charge < -0.3 is 11.1 Å². The average molecular weight is 278 g/mol. The van der Waals surface area contributed by atoms with E-state index in [0.29, 0.717) is 17.1 Å². The fourth-order valence-corrected chi connectivity index (χ4v) is 1.57. The number of nitrogens with one attached hydrogen (secondary N) is 1. The molecule has 0 unspecified atom stereocenters. The molecule has 3 N–H and O–H groups in total. The summed E-state index contributed by atoms with van der Waals surface area (Å²) < 4.78 is 37.1. The summed E-state index contributed by atoms with van der Waals surface area (Å²) in [6, 6.07) is 0. The van der Waals surface area contributed by atoms with Crippen LogP contribution in [-0.2, 0) is 11.3 Å². The number of halogens is 3. The summed E-state index contributed by atoms with van der Waals surface area (Å²) in [6.45, 7) is 3.40. The lowest BCUT2D eigenvalue weighted by Gasteiger charge is -2.08. The first-order valence-electron chi connectivity index (χ1n) is 5.83. The molecular formula is C11H17F3N4O. The predicted molar refractivity (Wildman–Crippen MR) is 64.4 cm³/mol. The van der Waals surface area contributed by atoms with Gasteiger partial charge in [-0.25, -0.2) is 0 Å². The van der Waals surface area contributed by atoms with Crippen LogP contribution in [-0.4, -0.2) is 28.4 Å². The lowest BCUT2D eigenvalue weighted by atomic mass is 10.3. The van der Waals surface area contributed by atoms with E-state index >= 15 is 0 Å². The second kappa shape index (κ2) is 5.94. The van der Waals surface area contributed by atoms with Gasteiger partial charge in [-0.15, -0.1) is 0 Å². The van der Waals surface area contributed by atoms with E-state index in [1.54, 1.807) is 13.8 Å². The topological polar surface area (TPSA) is 72.9 Å². The number of anilines is 1. The van der Waals surface area contributed by atoms with E-state index in [-0.39, 0.29) is 25.4 Å². The summed E-state index contributed by atoms with van der Waals surface area (Å²) in [5.41, 5.74) is 7.52. The zero-order valence-corrected chi connectivity index (χ0v) is 10.8. The van der Waals surface area contributed by atoms with Crippen molar-refractivity contribution < 1.29 is 18.0 Å². The Morgan fingerprint density at radius 2 is 2.05 bits per heavy atom. The number of hydrogen-bond acceptors (Lipinski definition) is 3. The Kier molecular flexibility index (Phi) is 4.79. The Labute approximate surface area is 109 Å². The Bertz CT molecular complexity index is 454. The molecule has 0 aliphatic rings. The molecule has 0 atom stereocenters. The van der Waals surface area contributed by atoms with Crippen LogP contribution in [0.1, 0.15) is 24.2 Å². The molecule has 0 aromatic carbocycles. The molecule has 1 aromatic rings. The molecule has 8 heteroatoms. The molecule has 0 bridgehead atoms. The highest BCUT2D eigenvalue weighted by Gasteiger charge is 2.26. The molecule has 0 aliphatic carbocycles. The highest BCUT2D eigenvalue weighted by Crippen LogP contribution is 2.20. The number of nitrogens with two attached hydrogens (primary N) is 1. The SMILES string of the molecule is Cc1nn(CC(=O)NCCCC(F)(F)F)c(C)c1N. The van der Waals surface area contributed by atoms with E-state index in [0.717, 1.165) is 0 Å². The van der Waals surface area contributed by atoms with Gasteiger partial charge in [-0.1, -0.05) is 0 Å². The van der Waals surface area contributed by atoms with Crippen LogP contribution in [0.15, 0.2) is 0 Å². The summed E-state index contributed by atoms with van der Waals surface area (Å²) in [5.74, 6) is -0.382. The number of alkyl halides is 3. The van der Waals surface area contributed by atoms with Crippen LogP contribution in [0.4, 0.5) is 18.9 Å². The van der Waals surface area contributed by atoms with Gasteiger partial charge in [-0.3, -0.25) is 9.48 Å². The molecule has 1 aromatic heterocycles. The standard InChI is InChI=1S/C11H17F3N4O/c1-7-10(15)8(2)18(17-7)6-9(19)16-5-3-4-11(12,13)14/h3-6,15H2,1-2H3,(H,16,19). The van der Waals surface area contributed by atoms with Crippen molar-refractivity contribution in [3.05, 3.63) is 11.4 Å². The fraction of sp³-hybridized carbons (Fsp3) is 0.636. The van der Waals surface area contributed by atoms with Gasteiger partial charge in [0.25, 0.3) is 0 Å². The van der Waals surface area contributed by atoms with Crippen LogP contribution in [0.2, 0.25) is 0 Å². The van der Waals surface area contributed by atoms with Crippen molar-refractivity contribution in [2.45, 2.75) is 39.4 Å². The molecule has 1 rings (SSSR count). The maximum Gasteiger partial charge on any atom is 0.389 e. The molecule has 0 radical (unpaired) electrons. The van der Waals surface area contributed by atoms with Crippen molar-refractivity contribution in [3.8, 4) is 0 Å². The third-order valence-electron chi connectivity index (χ3n) is 2.69. The maximum atomic E-state index is 11.9. The Hall–Kier alpha value is -1.73. The second-order valence-corrected chi connectivity index (χ2v) is 4.31. The number of carbonyl (C=O) groups excluding carboxylic acids is 1. The third-order valence-corrected chi connectivity index (χ3v) is 2.69. The van der Waals surface area contributed by atoms with Crippen LogP contribution >= 0.6 is 0 Å². The summed E-state index contributed by atoms with van der Waals surface area (Å²) >= 11 is 0. The molecule has 19 heavy (non-hydrogen) atoms. The largest absolute Gasteiger partial charge is 0.396 e. The zero-order valence-electron chi connectivity index (χ0n) is 10.8. The zero-order chi connectivity index (χ0) is 14.6. The molecule has 5 nitrogen and oxygen atoms in total. The number of rotatable bonds is 5. The second-order valence-electron chi connectivity index (χ2n) is 4.31. The van der Waals surface area contributed by atoms with Crippen molar-refractivity contribution in [3.63, 3.8) is 0 Å². The van der Waals surface area contributed by atoms with Crippen molar-refractivity contribution in [2.75, 3.05) is 12.3 Å². The number of nitrogen functional groups attached to an aromatic ring is 1. The Morgan fingerprint density at radius 3 is 2.53 bits per heavy atom. The molecular weight excluding hydrogens is 261 g/mol. The third kappa shape index (κ3) is 4.80. The lowest BCUT2D eigenvalue weighted by molar-refractivity contribution is -0.136. The molecule has 1 amide bonds. The van der Waals surface area contributed by atoms with Gasteiger partial charge in [0.2, 0.25) is 5.91 Å². The lowest BCUT2D eigenvalue weighted by Crippen LogP contribution is -2.29. The number of carbonyl (C=O) groups is 1. The first-order valence-corrected chi connectivity index (χ1v) is 5.83. The normalized spacial score (nSPS) is 11.6. The van der Waals surface area contributed by atoms with Gasteiger partial charge in [0.15, 0.2) is 0 Å². The van der Waals surface area contributed by atoms with Gasteiger partial charge in [-0.05, 0) is 20.3 Å². The number of hydrogen-bond donors (Lipinski definition) is 2. The molecule has 0 fully saturated rings. The van der Waals surface area contributed by atoms with E-state index in [2.05, 4.69) is 10.4 Å². The first-order chi connectivity index (χ1) is 8.70. The molecule has 0 aliphatic heterocycles. The van der Waals surface area contributed by atoms with Crippen LogP contribution in [0.25, 0.3) is 0 Å². The summed E-state index contributed by atoms with van der Waals surface area (Å²) in [4.78, 5) is 11.5. The molecule has 0 saturated carbocycles. The van der Waals surface area contributed by atoms with Gasteiger partial charge >= 0.3 is 6.18 Å². The van der Waals surface area contributed by atoms with E-state index in [1.807, 2.05) is 0 Å². The number of aromatic nitrogens is 2. The van der Waals surface area contributed by atoms with Crippen LogP contribution in [0.5, 0.6) is 0 Å². The first kappa shape index (κ1) is 15.3. The van der Waals surface area contributed by atoms with Gasteiger partial charge in [0, 0.05) is 13.0 Å². The Morgan fingerprint density at radius 1 is 1.42 bits per heavy atom. The van der Waals surface area contributed by atoms with E-state index in [4.69, 9.17) is 5.73 Å². The number of nitrogens with zero attached hydrogens (tertiary/aromatic N) is 2. The highest BCUT2D eigenvalue weighted by molar-refractivity contribution is 5.75. The fourth-order valence-electron chi connectivity index (χ4n) is 1.57. The predicted octanol–water partition coefficient (Wildman–Crippen LogP) is 1.54. The maximum absolute atomic E-state index is 11.9. The van der Waals surface area contributed by atoms with Crippen LogP contribution in [0.3, 0.4) is 0 Å². The average Bonchev–Trinajstić information content (AvgIpc) is 2.51. The van der Waals surface area contributed by atoms with E-state index < -0.39 is 12.6 Å². The Balaban J connectivity index is 2.37. The van der Waals surface area contributed by atoms with Crippen molar-refractivity contribution >= 4 is 11.6 Å².